The first kappa shape index (κ1) is 20.3. The molecule has 1 aromatic carbocycles. The number of hydrogen-bond donors (Lipinski definition) is 2. The zero-order valence-electron chi connectivity index (χ0n) is 18.1. The normalized spacial score (nSPS) is 29.8. The molecule has 2 aromatic rings. The van der Waals surface area contributed by atoms with Crippen molar-refractivity contribution >= 4 is 28.3 Å². The number of aromatic nitrogens is 1. The van der Waals surface area contributed by atoms with E-state index in [9.17, 15) is 14.4 Å². The first-order valence-electron chi connectivity index (χ1n) is 11.6. The second-order valence-electron chi connectivity index (χ2n) is 10.3. The van der Waals surface area contributed by atoms with Gasteiger partial charge in [0.1, 0.15) is 6.04 Å². The summed E-state index contributed by atoms with van der Waals surface area (Å²) in [5.41, 5.74) is 6.04. The minimum absolute atomic E-state index is 0.0437. The van der Waals surface area contributed by atoms with Crippen LogP contribution in [0.1, 0.15) is 64.3 Å². The van der Waals surface area contributed by atoms with Crippen LogP contribution in [0.25, 0.3) is 10.8 Å². The highest BCUT2D eigenvalue weighted by Gasteiger charge is 2.51. The minimum atomic E-state index is -0.675. The molecule has 31 heavy (non-hydrogen) atoms. The molecular formula is C25H31N3O3. The standard InChI is InChI=1S/C25H31N3O3/c1-2-21(23(26)30)28-7-6-18-19(24(28)31)4-3-5-20(18)27-22(29)14-25-11-15-8-16(12-25)10-17(9-15)13-25/h3-7,15-17,21H,2,8-14H2,1H3,(H2,26,30)(H,27,29)/t15?,16?,17?,21-,25?/m1/s1. The third-order valence-corrected chi connectivity index (χ3v) is 8.00. The molecule has 4 aliphatic carbocycles. The van der Waals surface area contributed by atoms with Crippen molar-refractivity contribution in [2.45, 2.75) is 64.3 Å². The zero-order valence-corrected chi connectivity index (χ0v) is 18.1. The van der Waals surface area contributed by atoms with Crippen molar-refractivity contribution in [1.82, 2.24) is 4.57 Å². The highest BCUT2D eigenvalue weighted by Crippen LogP contribution is 2.61. The summed E-state index contributed by atoms with van der Waals surface area (Å²) in [5.74, 6) is 1.96. The molecule has 1 heterocycles. The lowest BCUT2D eigenvalue weighted by Crippen LogP contribution is -2.47. The Morgan fingerprint density at radius 1 is 1.10 bits per heavy atom. The van der Waals surface area contributed by atoms with Gasteiger partial charge in [0.2, 0.25) is 11.8 Å². The largest absolute Gasteiger partial charge is 0.368 e. The predicted molar refractivity (Wildman–Crippen MR) is 121 cm³/mol. The van der Waals surface area contributed by atoms with Gasteiger partial charge >= 0.3 is 0 Å². The number of pyridine rings is 1. The number of anilines is 1. The van der Waals surface area contributed by atoms with E-state index in [2.05, 4.69) is 5.32 Å². The molecule has 0 spiro atoms. The number of nitrogens with zero attached hydrogens (tertiary/aromatic N) is 1. The average Bonchev–Trinajstić information content (AvgIpc) is 2.69. The van der Waals surface area contributed by atoms with Crippen LogP contribution in [0.3, 0.4) is 0 Å². The van der Waals surface area contributed by atoms with Crippen molar-refractivity contribution in [2.75, 3.05) is 5.32 Å². The van der Waals surface area contributed by atoms with Crippen LogP contribution < -0.4 is 16.6 Å². The molecule has 4 bridgehead atoms. The van der Waals surface area contributed by atoms with Crippen LogP contribution in [-0.2, 0) is 9.59 Å². The third-order valence-electron chi connectivity index (χ3n) is 8.00. The van der Waals surface area contributed by atoms with Gasteiger partial charge in [-0.05, 0) is 86.3 Å². The summed E-state index contributed by atoms with van der Waals surface area (Å²) in [6.07, 6.45) is 10.3. The molecule has 4 aliphatic rings. The van der Waals surface area contributed by atoms with Crippen LogP contribution in [0.2, 0.25) is 0 Å². The quantitative estimate of drug-likeness (QED) is 0.739. The van der Waals surface area contributed by atoms with Crippen LogP contribution in [0.5, 0.6) is 0 Å². The van der Waals surface area contributed by atoms with Gasteiger partial charge in [-0.2, -0.15) is 0 Å². The van der Waals surface area contributed by atoms with Crippen LogP contribution in [0.4, 0.5) is 5.69 Å². The van der Waals surface area contributed by atoms with E-state index < -0.39 is 11.9 Å². The fourth-order valence-corrected chi connectivity index (χ4v) is 7.22. The Hall–Kier alpha value is -2.63. The highest BCUT2D eigenvalue weighted by molar-refractivity contribution is 6.02. The topological polar surface area (TPSA) is 94.2 Å². The van der Waals surface area contributed by atoms with Crippen molar-refractivity contribution in [3.05, 3.63) is 40.8 Å². The van der Waals surface area contributed by atoms with E-state index in [4.69, 9.17) is 5.73 Å². The Morgan fingerprint density at radius 3 is 2.32 bits per heavy atom. The maximum absolute atomic E-state index is 13.1. The van der Waals surface area contributed by atoms with E-state index in [-0.39, 0.29) is 16.9 Å². The number of rotatable bonds is 6. The maximum Gasteiger partial charge on any atom is 0.259 e. The average molecular weight is 422 g/mol. The SMILES string of the molecule is CC[C@H](C(N)=O)n1ccc2c(NC(=O)CC34CC5CC(CC(C5)C3)C4)cccc2c1=O. The van der Waals surface area contributed by atoms with E-state index in [1.807, 2.05) is 13.0 Å². The number of primary amides is 1. The number of hydrogen-bond acceptors (Lipinski definition) is 3. The van der Waals surface area contributed by atoms with Crippen molar-refractivity contribution in [1.29, 1.82) is 0 Å². The molecule has 1 aromatic heterocycles. The van der Waals surface area contributed by atoms with Crippen LogP contribution in [0.15, 0.2) is 35.3 Å². The van der Waals surface area contributed by atoms with Crippen molar-refractivity contribution in [3.63, 3.8) is 0 Å². The molecule has 0 unspecified atom stereocenters. The number of benzene rings is 1. The summed E-state index contributed by atoms with van der Waals surface area (Å²) in [4.78, 5) is 37.8. The maximum atomic E-state index is 13.1. The number of nitrogens with two attached hydrogens (primary N) is 1. The highest BCUT2D eigenvalue weighted by atomic mass is 16.2. The van der Waals surface area contributed by atoms with Gasteiger partial charge in [0.25, 0.3) is 5.56 Å². The smallest absolute Gasteiger partial charge is 0.259 e. The Morgan fingerprint density at radius 2 is 1.74 bits per heavy atom. The Kier molecular flexibility index (Phi) is 4.91. The first-order chi connectivity index (χ1) is 14.9. The second-order valence-corrected chi connectivity index (χ2v) is 10.3. The van der Waals surface area contributed by atoms with E-state index in [1.54, 1.807) is 24.4 Å². The predicted octanol–water partition coefficient (Wildman–Crippen LogP) is 3.98. The fourth-order valence-electron chi connectivity index (χ4n) is 7.22. The summed E-state index contributed by atoms with van der Waals surface area (Å²) in [6, 6.07) is 6.47. The minimum Gasteiger partial charge on any atom is -0.368 e. The molecule has 1 atom stereocenters. The van der Waals surface area contributed by atoms with Gasteiger partial charge in [-0.25, -0.2) is 0 Å². The molecule has 6 nitrogen and oxygen atoms in total. The lowest BCUT2D eigenvalue weighted by Gasteiger charge is -2.56. The molecule has 6 heteroatoms. The van der Waals surface area contributed by atoms with Gasteiger partial charge in [-0.3, -0.25) is 14.4 Å². The molecular weight excluding hydrogens is 390 g/mol. The van der Waals surface area contributed by atoms with Crippen molar-refractivity contribution in [3.8, 4) is 0 Å². The zero-order chi connectivity index (χ0) is 21.8. The number of amides is 2. The van der Waals surface area contributed by atoms with Crippen LogP contribution in [-0.4, -0.2) is 16.4 Å². The van der Waals surface area contributed by atoms with Crippen LogP contribution >= 0.6 is 0 Å². The molecule has 0 aliphatic heterocycles. The Balaban J connectivity index is 1.39. The van der Waals surface area contributed by atoms with Crippen molar-refractivity contribution in [2.24, 2.45) is 28.9 Å². The van der Waals surface area contributed by atoms with Gasteiger partial charge in [0, 0.05) is 29.1 Å². The fraction of sp³-hybridized carbons (Fsp3) is 0.560. The summed E-state index contributed by atoms with van der Waals surface area (Å²) < 4.78 is 1.39. The summed E-state index contributed by atoms with van der Waals surface area (Å²) in [6.45, 7) is 1.83. The first-order valence-corrected chi connectivity index (χ1v) is 11.6. The number of carbonyl (C=O) groups is 2. The summed E-state index contributed by atoms with van der Waals surface area (Å²) in [5, 5.41) is 4.27. The van der Waals surface area contributed by atoms with Gasteiger partial charge in [0.05, 0.1) is 0 Å². The lowest BCUT2D eigenvalue weighted by atomic mass is 9.49. The molecule has 3 N–H and O–H groups in total. The molecule has 0 saturated heterocycles. The Labute approximate surface area is 182 Å². The molecule has 2 amide bonds. The van der Waals surface area contributed by atoms with Gasteiger partial charge in [-0.1, -0.05) is 13.0 Å². The summed E-state index contributed by atoms with van der Waals surface area (Å²) in [7, 11) is 0. The number of carbonyl (C=O) groups excluding carboxylic acids is 2. The monoisotopic (exact) mass is 421 g/mol. The molecule has 164 valence electrons. The van der Waals surface area contributed by atoms with Crippen molar-refractivity contribution < 1.29 is 9.59 Å². The molecule has 0 radical (unpaired) electrons. The molecule has 4 saturated carbocycles. The molecule has 6 rings (SSSR count). The lowest BCUT2D eigenvalue weighted by molar-refractivity contribution is -0.124. The molecule has 4 fully saturated rings. The second kappa shape index (κ2) is 7.50. The van der Waals surface area contributed by atoms with E-state index in [0.717, 1.165) is 17.8 Å². The van der Waals surface area contributed by atoms with Gasteiger partial charge in [0.15, 0.2) is 0 Å². The van der Waals surface area contributed by atoms with E-state index >= 15 is 0 Å². The Bertz CT molecular complexity index is 1070. The van der Waals surface area contributed by atoms with Crippen LogP contribution in [0, 0.1) is 23.2 Å². The van der Waals surface area contributed by atoms with Gasteiger partial charge < -0.3 is 15.6 Å². The van der Waals surface area contributed by atoms with E-state index in [0.29, 0.717) is 29.3 Å². The van der Waals surface area contributed by atoms with E-state index in [1.165, 1.54) is 43.1 Å². The number of fused-ring (bicyclic) bond motifs is 1. The summed E-state index contributed by atoms with van der Waals surface area (Å²) >= 11 is 0. The number of nitrogens with one attached hydrogen (secondary N) is 1. The van der Waals surface area contributed by atoms with Gasteiger partial charge in [-0.15, -0.1) is 0 Å². The third kappa shape index (κ3) is 3.56.